The summed E-state index contributed by atoms with van der Waals surface area (Å²) in [4.78, 5) is 29.3. The first kappa shape index (κ1) is 20.0. The lowest BCUT2D eigenvalue weighted by Gasteiger charge is -2.23. The van der Waals surface area contributed by atoms with Gasteiger partial charge in [-0.25, -0.2) is 19.7 Å². The first-order valence-corrected chi connectivity index (χ1v) is 11.0. The van der Waals surface area contributed by atoms with Crippen LogP contribution in [0.2, 0.25) is 0 Å². The van der Waals surface area contributed by atoms with Crippen molar-refractivity contribution >= 4 is 45.2 Å². The van der Waals surface area contributed by atoms with Crippen molar-refractivity contribution in [1.29, 1.82) is 0 Å². The Kier molecular flexibility index (Phi) is 4.72. The molecule has 0 unspecified atom stereocenters. The third-order valence-corrected chi connectivity index (χ3v) is 6.10. The summed E-state index contributed by atoms with van der Waals surface area (Å²) in [5.74, 6) is 0.696. The molecule has 3 aromatic heterocycles. The molecule has 34 heavy (non-hydrogen) atoms. The van der Waals surface area contributed by atoms with Gasteiger partial charge in [-0.1, -0.05) is 24.3 Å². The molecule has 6 rings (SSSR count). The Labute approximate surface area is 194 Å². The standard InChI is InChI=1S/C25H21N7O2/c33-25(34)31-10-8-16(9-11-31)21-13-19-23(26-14-27-24(19)30-21)29-17-6-7-20-22(12-17)32(15-28-20)18-4-2-1-3-5-18/h1-8,12-15H,9-11H2,(H,33,34)(H2,26,27,29,30). The van der Waals surface area contributed by atoms with E-state index in [2.05, 4.69) is 35.9 Å². The molecule has 168 valence electrons. The minimum Gasteiger partial charge on any atom is -0.465 e. The smallest absolute Gasteiger partial charge is 0.407 e. The van der Waals surface area contributed by atoms with Gasteiger partial charge in [0.05, 0.1) is 16.4 Å². The molecule has 0 saturated heterocycles. The van der Waals surface area contributed by atoms with Crippen LogP contribution in [-0.2, 0) is 0 Å². The molecule has 0 fully saturated rings. The minimum atomic E-state index is -0.894. The van der Waals surface area contributed by atoms with Crippen molar-refractivity contribution in [3.63, 3.8) is 0 Å². The number of rotatable bonds is 4. The molecule has 0 atom stereocenters. The van der Waals surface area contributed by atoms with E-state index in [0.717, 1.165) is 44.7 Å². The number of fused-ring (bicyclic) bond motifs is 2. The third kappa shape index (κ3) is 3.53. The van der Waals surface area contributed by atoms with E-state index in [1.54, 1.807) is 0 Å². The van der Waals surface area contributed by atoms with E-state index in [1.807, 2.05) is 60.9 Å². The predicted molar refractivity (Wildman–Crippen MR) is 130 cm³/mol. The SMILES string of the molecule is O=C(O)N1CC=C(c2cc3c(Nc4ccc5ncn(-c6ccccc6)c5c4)ncnc3[nH]2)CC1. The van der Waals surface area contributed by atoms with Crippen molar-refractivity contribution in [3.8, 4) is 5.69 Å². The number of aromatic nitrogens is 5. The molecule has 3 N–H and O–H groups in total. The topological polar surface area (TPSA) is 112 Å². The summed E-state index contributed by atoms with van der Waals surface area (Å²) in [6.07, 6.45) is 5.06. The molecule has 0 spiro atoms. The van der Waals surface area contributed by atoms with Gasteiger partial charge in [-0.2, -0.15) is 0 Å². The second-order valence-electron chi connectivity index (χ2n) is 8.15. The normalized spacial score (nSPS) is 13.9. The Balaban J connectivity index is 1.33. The van der Waals surface area contributed by atoms with E-state index in [-0.39, 0.29) is 0 Å². The fourth-order valence-electron chi connectivity index (χ4n) is 4.32. The molecule has 0 saturated carbocycles. The zero-order chi connectivity index (χ0) is 23.1. The van der Waals surface area contributed by atoms with E-state index in [0.29, 0.717) is 25.3 Å². The van der Waals surface area contributed by atoms with Crippen molar-refractivity contribution in [2.75, 3.05) is 18.4 Å². The summed E-state index contributed by atoms with van der Waals surface area (Å²) in [6.45, 7) is 0.856. The van der Waals surface area contributed by atoms with Crippen LogP contribution in [0.5, 0.6) is 0 Å². The monoisotopic (exact) mass is 451 g/mol. The summed E-state index contributed by atoms with van der Waals surface area (Å²) >= 11 is 0. The molecule has 1 amide bonds. The molecule has 1 aliphatic heterocycles. The number of aromatic amines is 1. The summed E-state index contributed by atoms with van der Waals surface area (Å²) in [5, 5.41) is 13.5. The number of nitrogens with zero attached hydrogens (tertiary/aromatic N) is 5. The quantitative estimate of drug-likeness (QED) is 0.362. The van der Waals surface area contributed by atoms with E-state index in [4.69, 9.17) is 0 Å². The van der Waals surface area contributed by atoms with Crippen LogP contribution >= 0.6 is 0 Å². The van der Waals surface area contributed by atoms with Crippen molar-refractivity contribution in [2.24, 2.45) is 0 Å². The summed E-state index contributed by atoms with van der Waals surface area (Å²) < 4.78 is 2.06. The van der Waals surface area contributed by atoms with Gasteiger partial charge in [-0.3, -0.25) is 4.57 Å². The van der Waals surface area contributed by atoms with Crippen LogP contribution in [0.25, 0.3) is 33.3 Å². The number of anilines is 2. The lowest BCUT2D eigenvalue weighted by atomic mass is 10.1. The number of H-pyrrole nitrogens is 1. The van der Waals surface area contributed by atoms with Gasteiger partial charge in [0, 0.05) is 30.2 Å². The molecule has 2 aromatic carbocycles. The van der Waals surface area contributed by atoms with E-state index in [9.17, 15) is 9.90 Å². The maximum Gasteiger partial charge on any atom is 0.407 e. The van der Waals surface area contributed by atoms with Crippen molar-refractivity contribution in [1.82, 2.24) is 29.4 Å². The molecule has 9 heteroatoms. The average Bonchev–Trinajstić information content (AvgIpc) is 3.49. The van der Waals surface area contributed by atoms with Gasteiger partial charge in [0.25, 0.3) is 0 Å². The van der Waals surface area contributed by atoms with Crippen LogP contribution in [0.15, 0.2) is 73.3 Å². The Hall–Kier alpha value is -4.66. The number of benzene rings is 2. The highest BCUT2D eigenvalue weighted by molar-refractivity contribution is 5.93. The highest BCUT2D eigenvalue weighted by atomic mass is 16.4. The van der Waals surface area contributed by atoms with Crippen LogP contribution in [0.3, 0.4) is 0 Å². The molecule has 0 radical (unpaired) electrons. The van der Waals surface area contributed by atoms with Gasteiger partial charge in [-0.15, -0.1) is 0 Å². The Morgan fingerprint density at radius 3 is 2.74 bits per heavy atom. The van der Waals surface area contributed by atoms with Gasteiger partial charge < -0.3 is 20.3 Å². The Bertz CT molecular complexity index is 1550. The molecule has 9 nitrogen and oxygen atoms in total. The van der Waals surface area contributed by atoms with E-state index in [1.165, 1.54) is 11.2 Å². The first-order chi connectivity index (χ1) is 16.7. The van der Waals surface area contributed by atoms with Gasteiger partial charge in [0.15, 0.2) is 0 Å². The van der Waals surface area contributed by atoms with Gasteiger partial charge in [0.2, 0.25) is 0 Å². The molecule has 5 aromatic rings. The Morgan fingerprint density at radius 1 is 1.06 bits per heavy atom. The van der Waals surface area contributed by atoms with Crippen LogP contribution < -0.4 is 5.32 Å². The number of amides is 1. The number of hydrogen-bond acceptors (Lipinski definition) is 5. The number of nitrogens with one attached hydrogen (secondary N) is 2. The van der Waals surface area contributed by atoms with Gasteiger partial charge in [-0.05, 0) is 48.4 Å². The minimum absolute atomic E-state index is 0.381. The van der Waals surface area contributed by atoms with E-state index < -0.39 is 6.09 Å². The van der Waals surface area contributed by atoms with Crippen LogP contribution in [0.1, 0.15) is 12.1 Å². The zero-order valence-electron chi connectivity index (χ0n) is 18.1. The number of carbonyl (C=O) groups is 1. The van der Waals surface area contributed by atoms with Crippen LogP contribution in [0, 0.1) is 0 Å². The molecular formula is C25H21N7O2. The fraction of sp³-hybridized carbons (Fsp3) is 0.120. The highest BCUT2D eigenvalue weighted by Crippen LogP contribution is 2.30. The number of para-hydroxylation sites is 1. The van der Waals surface area contributed by atoms with Crippen molar-refractivity contribution < 1.29 is 9.90 Å². The van der Waals surface area contributed by atoms with Gasteiger partial charge >= 0.3 is 6.09 Å². The second kappa shape index (κ2) is 8.04. The highest BCUT2D eigenvalue weighted by Gasteiger charge is 2.19. The third-order valence-electron chi connectivity index (χ3n) is 6.10. The van der Waals surface area contributed by atoms with Crippen LogP contribution in [0.4, 0.5) is 16.3 Å². The van der Waals surface area contributed by atoms with Crippen molar-refractivity contribution in [2.45, 2.75) is 6.42 Å². The summed E-state index contributed by atoms with van der Waals surface area (Å²) in [6, 6.07) is 18.1. The van der Waals surface area contributed by atoms with Gasteiger partial charge in [0.1, 0.15) is 24.1 Å². The summed E-state index contributed by atoms with van der Waals surface area (Å²) in [5.41, 5.74) is 6.57. The average molecular weight is 451 g/mol. The number of hydrogen-bond donors (Lipinski definition) is 3. The maximum absolute atomic E-state index is 11.2. The molecule has 1 aliphatic rings. The molecule has 0 aliphatic carbocycles. The summed E-state index contributed by atoms with van der Waals surface area (Å²) in [7, 11) is 0. The number of carboxylic acid groups (broad SMARTS) is 1. The number of imidazole rings is 1. The largest absolute Gasteiger partial charge is 0.465 e. The second-order valence-corrected chi connectivity index (χ2v) is 8.15. The Morgan fingerprint density at radius 2 is 1.94 bits per heavy atom. The van der Waals surface area contributed by atoms with Crippen LogP contribution in [-0.4, -0.2) is 53.7 Å². The van der Waals surface area contributed by atoms with E-state index >= 15 is 0 Å². The lowest BCUT2D eigenvalue weighted by molar-refractivity contribution is 0.150. The first-order valence-electron chi connectivity index (χ1n) is 11.0. The maximum atomic E-state index is 11.2. The lowest BCUT2D eigenvalue weighted by Crippen LogP contribution is -2.33. The zero-order valence-corrected chi connectivity index (χ0v) is 18.1. The predicted octanol–water partition coefficient (Wildman–Crippen LogP) is 4.81. The fourth-order valence-corrected chi connectivity index (χ4v) is 4.32. The van der Waals surface area contributed by atoms with Crippen molar-refractivity contribution in [3.05, 3.63) is 79.0 Å². The molecular weight excluding hydrogens is 430 g/mol. The molecule has 0 bridgehead atoms. The molecule has 4 heterocycles.